The van der Waals surface area contributed by atoms with Crippen LogP contribution in [-0.4, -0.2) is 31.9 Å². The SMILES string of the molecule is O=C(NCCc1ccccc1OC(F)(F)F)C1CNC1. The summed E-state index contributed by atoms with van der Waals surface area (Å²) in [6.07, 6.45) is -4.42. The molecule has 0 atom stereocenters. The summed E-state index contributed by atoms with van der Waals surface area (Å²) in [5.74, 6) is -0.325. The Balaban J connectivity index is 1.87. The summed E-state index contributed by atoms with van der Waals surface area (Å²) in [4.78, 5) is 11.6. The number of carbonyl (C=O) groups is 1. The number of carbonyl (C=O) groups excluding carboxylic acids is 1. The standard InChI is InChI=1S/C13H15F3N2O2/c14-13(15,16)20-11-4-2-1-3-9(11)5-6-18-12(19)10-7-17-8-10/h1-4,10,17H,5-8H2,(H,18,19). The second-order valence-corrected chi connectivity index (χ2v) is 4.55. The molecule has 0 saturated carbocycles. The van der Waals surface area contributed by atoms with E-state index in [1.165, 1.54) is 12.1 Å². The Labute approximate surface area is 114 Å². The van der Waals surface area contributed by atoms with Crippen molar-refractivity contribution in [1.29, 1.82) is 0 Å². The van der Waals surface area contributed by atoms with E-state index in [0.717, 1.165) is 0 Å². The lowest BCUT2D eigenvalue weighted by Gasteiger charge is -2.25. The van der Waals surface area contributed by atoms with Crippen LogP contribution in [0.3, 0.4) is 0 Å². The van der Waals surface area contributed by atoms with E-state index in [0.29, 0.717) is 18.7 Å². The number of halogens is 3. The van der Waals surface area contributed by atoms with Gasteiger partial charge in [-0.25, -0.2) is 0 Å². The Kier molecular flexibility index (Phi) is 4.49. The van der Waals surface area contributed by atoms with Gasteiger partial charge in [-0.15, -0.1) is 13.2 Å². The fourth-order valence-corrected chi connectivity index (χ4v) is 1.87. The largest absolute Gasteiger partial charge is 0.573 e. The summed E-state index contributed by atoms with van der Waals surface area (Å²) in [7, 11) is 0. The molecule has 20 heavy (non-hydrogen) atoms. The second kappa shape index (κ2) is 6.13. The van der Waals surface area contributed by atoms with Gasteiger partial charge >= 0.3 is 6.36 Å². The predicted molar refractivity (Wildman–Crippen MR) is 66.2 cm³/mol. The van der Waals surface area contributed by atoms with Crippen LogP contribution in [0.15, 0.2) is 24.3 Å². The smallest absolute Gasteiger partial charge is 0.406 e. The zero-order valence-electron chi connectivity index (χ0n) is 10.7. The Morgan fingerprint density at radius 3 is 2.65 bits per heavy atom. The van der Waals surface area contributed by atoms with Gasteiger partial charge in [-0.05, 0) is 18.1 Å². The molecule has 1 aromatic rings. The molecule has 1 aliphatic rings. The summed E-state index contributed by atoms with van der Waals surface area (Å²) >= 11 is 0. The first-order chi connectivity index (χ1) is 9.46. The van der Waals surface area contributed by atoms with Crippen LogP contribution in [0.25, 0.3) is 0 Å². The minimum absolute atomic E-state index is 0.0309. The second-order valence-electron chi connectivity index (χ2n) is 4.55. The van der Waals surface area contributed by atoms with Crippen LogP contribution in [0.2, 0.25) is 0 Å². The highest BCUT2D eigenvalue weighted by molar-refractivity contribution is 5.79. The van der Waals surface area contributed by atoms with Gasteiger partial charge in [-0.1, -0.05) is 18.2 Å². The summed E-state index contributed by atoms with van der Waals surface area (Å²) in [5, 5.41) is 5.69. The van der Waals surface area contributed by atoms with Gasteiger partial charge < -0.3 is 15.4 Å². The molecule has 110 valence electrons. The molecule has 7 heteroatoms. The molecule has 0 radical (unpaired) electrons. The molecule has 1 fully saturated rings. The molecule has 0 spiro atoms. The Bertz CT molecular complexity index is 473. The van der Waals surface area contributed by atoms with E-state index >= 15 is 0 Å². The summed E-state index contributed by atoms with van der Waals surface area (Å²) < 4.78 is 40.6. The van der Waals surface area contributed by atoms with Gasteiger partial charge in [0.25, 0.3) is 0 Å². The predicted octanol–water partition coefficient (Wildman–Crippen LogP) is 1.46. The highest BCUT2D eigenvalue weighted by atomic mass is 19.4. The van der Waals surface area contributed by atoms with Gasteiger partial charge in [0.05, 0.1) is 5.92 Å². The van der Waals surface area contributed by atoms with Crippen molar-refractivity contribution in [2.24, 2.45) is 5.92 Å². The minimum Gasteiger partial charge on any atom is -0.406 e. The van der Waals surface area contributed by atoms with Crippen molar-refractivity contribution in [2.75, 3.05) is 19.6 Å². The van der Waals surface area contributed by atoms with Gasteiger partial charge in [-0.3, -0.25) is 4.79 Å². The monoisotopic (exact) mass is 288 g/mol. The van der Waals surface area contributed by atoms with Crippen molar-refractivity contribution >= 4 is 5.91 Å². The van der Waals surface area contributed by atoms with Crippen molar-refractivity contribution in [3.63, 3.8) is 0 Å². The van der Waals surface area contributed by atoms with Gasteiger partial charge in [0.15, 0.2) is 0 Å². The van der Waals surface area contributed by atoms with Crippen molar-refractivity contribution in [2.45, 2.75) is 12.8 Å². The van der Waals surface area contributed by atoms with Gasteiger partial charge in [0.1, 0.15) is 5.75 Å². The van der Waals surface area contributed by atoms with Gasteiger partial charge in [0.2, 0.25) is 5.91 Å². The quantitative estimate of drug-likeness (QED) is 0.862. The molecule has 1 aromatic carbocycles. The molecular formula is C13H15F3N2O2. The molecule has 2 rings (SSSR count). The minimum atomic E-state index is -4.71. The van der Waals surface area contributed by atoms with Crippen LogP contribution >= 0.6 is 0 Å². The van der Waals surface area contributed by atoms with E-state index in [9.17, 15) is 18.0 Å². The highest BCUT2D eigenvalue weighted by Gasteiger charge is 2.32. The number of hydrogen-bond donors (Lipinski definition) is 2. The highest BCUT2D eigenvalue weighted by Crippen LogP contribution is 2.26. The third-order valence-corrected chi connectivity index (χ3v) is 3.04. The number of hydrogen-bond acceptors (Lipinski definition) is 3. The first-order valence-corrected chi connectivity index (χ1v) is 6.28. The number of nitrogens with one attached hydrogen (secondary N) is 2. The topological polar surface area (TPSA) is 50.4 Å². The average Bonchev–Trinajstić information content (AvgIpc) is 2.27. The van der Waals surface area contributed by atoms with Gasteiger partial charge in [0, 0.05) is 19.6 Å². The van der Waals surface area contributed by atoms with Crippen LogP contribution in [0.4, 0.5) is 13.2 Å². The summed E-state index contributed by atoms with van der Waals surface area (Å²) in [6, 6.07) is 5.93. The average molecular weight is 288 g/mol. The first kappa shape index (κ1) is 14.6. The summed E-state index contributed by atoms with van der Waals surface area (Å²) in [6.45, 7) is 1.59. The Morgan fingerprint density at radius 1 is 1.35 bits per heavy atom. The molecule has 0 bridgehead atoms. The number of alkyl halides is 3. The van der Waals surface area contributed by atoms with Crippen LogP contribution in [0.5, 0.6) is 5.75 Å². The molecule has 1 heterocycles. The number of benzene rings is 1. The van der Waals surface area contributed by atoms with Crippen molar-refractivity contribution in [3.05, 3.63) is 29.8 Å². The number of para-hydroxylation sites is 1. The Hall–Kier alpha value is -1.76. The maximum absolute atomic E-state index is 12.2. The van der Waals surface area contributed by atoms with Crippen LogP contribution in [0.1, 0.15) is 5.56 Å². The molecule has 0 aromatic heterocycles. The van der Waals surface area contributed by atoms with Crippen LogP contribution in [0, 0.1) is 5.92 Å². The maximum atomic E-state index is 12.2. The third-order valence-electron chi connectivity index (χ3n) is 3.04. The lowest BCUT2D eigenvalue weighted by Crippen LogP contribution is -2.51. The maximum Gasteiger partial charge on any atom is 0.573 e. The van der Waals surface area contributed by atoms with Crippen LogP contribution in [-0.2, 0) is 11.2 Å². The molecule has 4 nitrogen and oxygen atoms in total. The normalized spacial score (nSPS) is 15.6. The molecule has 1 amide bonds. The number of ether oxygens (including phenoxy) is 1. The van der Waals surface area contributed by atoms with E-state index in [2.05, 4.69) is 15.4 Å². The molecule has 0 unspecified atom stereocenters. The molecule has 0 aliphatic carbocycles. The summed E-state index contributed by atoms with van der Waals surface area (Å²) in [5.41, 5.74) is 0.414. The van der Waals surface area contributed by atoms with E-state index in [4.69, 9.17) is 0 Å². The lowest BCUT2D eigenvalue weighted by atomic mass is 10.0. The fourth-order valence-electron chi connectivity index (χ4n) is 1.87. The van der Waals surface area contributed by atoms with E-state index in [1.54, 1.807) is 12.1 Å². The molecule has 1 aliphatic heterocycles. The Morgan fingerprint density at radius 2 is 2.05 bits per heavy atom. The van der Waals surface area contributed by atoms with E-state index < -0.39 is 6.36 Å². The van der Waals surface area contributed by atoms with E-state index in [-0.39, 0.29) is 30.5 Å². The molecular weight excluding hydrogens is 273 g/mol. The van der Waals surface area contributed by atoms with E-state index in [1.807, 2.05) is 0 Å². The van der Waals surface area contributed by atoms with Crippen molar-refractivity contribution < 1.29 is 22.7 Å². The zero-order chi connectivity index (χ0) is 14.6. The van der Waals surface area contributed by atoms with Crippen molar-refractivity contribution in [1.82, 2.24) is 10.6 Å². The number of amides is 1. The van der Waals surface area contributed by atoms with Gasteiger partial charge in [-0.2, -0.15) is 0 Å². The number of rotatable bonds is 5. The fraction of sp³-hybridized carbons (Fsp3) is 0.462. The van der Waals surface area contributed by atoms with Crippen LogP contribution < -0.4 is 15.4 Å². The lowest BCUT2D eigenvalue weighted by molar-refractivity contribution is -0.274. The zero-order valence-corrected chi connectivity index (χ0v) is 10.7. The molecule has 2 N–H and O–H groups in total. The first-order valence-electron chi connectivity index (χ1n) is 6.28. The molecule has 1 saturated heterocycles. The van der Waals surface area contributed by atoms with Crippen molar-refractivity contribution in [3.8, 4) is 5.75 Å². The third kappa shape index (κ3) is 4.12.